The van der Waals surface area contributed by atoms with Crippen molar-refractivity contribution in [3.8, 4) is 0 Å². The van der Waals surface area contributed by atoms with E-state index in [1.165, 1.54) is 0 Å². The lowest BCUT2D eigenvalue weighted by atomic mass is 10.4. The molecule has 0 N–H and O–H groups in total. The molecule has 52 valence electrons. The topological polar surface area (TPSA) is 22.2 Å². The van der Waals surface area contributed by atoms with Crippen LogP contribution in [-0.4, -0.2) is 9.78 Å². The van der Waals surface area contributed by atoms with Crippen LogP contribution in [0.3, 0.4) is 0 Å². The van der Waals surface area contributed by atoms with E-state index in [0.29, 0.717) is 5.82 Å². The highest BCUT2D eigenvalue weighted by molar-refractivity contribution is 5.42. The van der Waals surface area contributed by atoms with Crippen LogP contribution in [0, 0.1) is 13.5 Å². The number of nitrogens with zero attached hydrogens (tertiary/aromatic N) is 3. The second-order valence-electron chi connectivity index (χ2n) is 2.10. The summed E-state index contributed by atoms with van der Waals surface area (Å²) in [6.07, 6.45) is 1.88. The summed E-state index contributed by atoms with van der Waals surface area (Å²) in [4.78, 5) is 3.26. The summed E-state index contributed by atoms with van der Waals surface area (Å²) in [7, 11) is 0. The molecular weight excluding hydrogens is 126 g/mol. The van der Waals surface area contributed by atoms with Gasteiger partial charge in [-0.1, -0.05) is 6.57 Å². The molecule has 0 aliphatic carbocycles. The molecule has 3 heteroatoms. The van der Waals surface area contributed by atoms with Gasteiger partial charge in [-0.05, 0) is 24.5 Å². The fourth-order valence-electron chi connectivity index (χ4n) is 0.783. The van der Waals surface area contributed by atoms with Crippen molar-refractivity contribution in [1.82, 2.24) is 9.78 Å². The van der Waals surface area contributed by atoms with Gasteiger partial charge in [-0.3, -0.25) is 0 Å². The second kappa shape index (κ2) is 2.53. The molecule has 0 atom stereocenters. The maximum atomic E-state index is 6.72. The van der Waals surface area contributed by atoms with Gasteiger partial charge in [-0.15, -0.1) is 0 Å². The quantitative estimate of drug-likeness (QED) is 0.538. The molecule has 1 heterocycles. The van der Waals surface area contributed by atoms with Crippen LogP contribution >= 0.6 is 0 Å². The van der Waals surface area contributed by atoms with Gasteiger partial charge >= 0.3 is 0 Å². The molecule has 0 unspecified atom stereocenters. The Morgan fingerprint density at radius 1 is 1.80 bits per heavy atom. The lowest BCUT2D eigenvalue weighted by Crippen LogP contribution is -1.92. The van der Waals surface area contributed by atoms with E-state index in [-0.39, 0.29) is 0 Å². The molecule has 10 heavy (non-hydrogen) atoms. The van der Waals surface area contributed by atoms with Crippen LogP contribution in [-0.2, 0) is 6.54 Å². The number of hydrogen-bond acceptors (Lipinski definition) is 1. The van der Waals surface area contributed by atoms with Crippen molar-refractivity contribution in [3.63, 3.8) is 0 Å². The minimum atomic E-state index is 0.516. The predicted octanol–water partition coefficient (Wildman–Crippen LogP) is 1.76. The van der Waals surface area contributed by atoms with Crippen LogP contribution < -0.4 is 0 Å². The third-order valence-corrected chi connectivity index (χ3v) is 1.35. The summed E-state index contributed by atoms with van der Waals surface area (Å²) in [6.45, 7) is 11.4. The molecule has 0 aliphatic heterocycles. The van der Waals surface area contributed by atoms with Crippen LogP contribution in [0.2, 0.25) is 0 Å². The third kappa shape index (κ3) is 1.01. The van der Waals surface area contributed by atoms with Gasteiger partial charge in [0.1, 0.15) is 0 Å². The van der Waals surface area contributed by atoms with Crippen molar-refractivity contribution in [2.75, 3.05) is 0 Å². The Labute approximate surface area is 60.1 Å². The Morgan fingerprint density at radius 2 is 2.50 bits per heavy atom. The molecule has 0 radical (unpaired) electrons. The third-order valence-electron chi connectivity index (χ3n) is 1.35. The SMILES string of the molecule is [C-]#[N+]c1nn(CC)cc1C. The minimum Gasteiger partial charge on any atom is -0.359 e. The predicted molar refractivity (Wildman–Crippen MR) is 38.9 cm³/mol. The highest BCUT2D eigenvalue weighted by Gasteiger charge is 2.02. The normalized spacial score (nSPS) is 9.30. The lowest BCUT2D eigenvalue weighted by molar-refractivity contribution is 0.663. The summed E-state index contributed by atoms with van der Waals surface area (Å²) in [6, 6.07) is 0. The average Bonchev–Trinajstić information content (AvgIpc) is 2.30. The second-order valence-corrected chi connectivity index (χ2v) is 2.10. The Bertz CT molecular complexity index is 267. The van der Waals surface area contributed by atoms with Crippen molar-refractivity contribution < 1.29 is 0 Å². The Balaban J connectivity index is 3.07. The molecule has 0 aromatic carbocycles. The highest BCUT2D eigenvalue weighted by atomic mass is 15.3. The van der Waals surface area contributed by atoms with Gasteiger partial charge in [0, 0.05) is 6.20 Å². The van der Waals surface area contributed by atoms with Gasteiger partial charge in [-0.25, -0.2) is 0 Å². The first kappa shape index (κ1) is 6.81. The summed E-state index contributed by atoms with van der Waals surface area (Å²) in [5, 5.41) is 4.01. The Morgan fingerprint density at radius 3 is 2.80 bits per heavy atom. The van der Waals surface area contributed by atoms with E-state index in [1.54, 1.807) is 4.68 Å². The molecule has 1 aromatic rings. The maximum Gasteiger partial charge on any atom is 0.298 e. The van der Waals surface area contributed by atoms with Crippen molar-refractivity contribution >= 4 is 5.82 Å². The molecule has 0 amide bonds. The van der Waals surface area contributed by atoms with E-state index in [2.05, 4.69) is 9.94 Å². The molecule has 1 rings (SSSR count). The van der Waals surface area contributed by atoms with Crippen molar-refractivity contribution in [2.24, 2.45) is 0 Å². The summed E-state index contributed by atoms with van der Waals surface area (Å²) >= 11 is 0. The zero-order valence-electron chi connectivity index (χ0n) is 6.13. The zero-order chi connectivity index (χ0) is 7.56. The molecule has 3 nitrogen and oxygen atoms in total. The van der Waals surface area contributed by atoms with Crippen LogP contribution in [0.25, 0.3) is 4.85 Å². The Kier molecular flexibility index (Phi) is 1.72. The van der Waals surface area contributed by atoms with Crippen LogP contribution in [0.5, 0.6) is 0 Å². The van der Waals surface area contributed by atoms with Crippen molar-refractivity contribution in [1.29, 1.82) is 0 Å². The summed E-state index contributed by atoms with van der Waals surface area (Å²) in [5.74, 6) is 0.516. The van der Waals surface area contributed by atoms with E-state index in [4.69, 9.17) is 6.57 Å². The number of aryl methyl sites for hydroxylation is 2. The van der Waals surface area contributed by atoms with E-state index in [9.17, 15) is 0 Å². The molecule has 0 saturated carbocycles. The monoisotopic (exact) mass is 135 g/mol. The molecule has 1 aromatic heterocycles. The van der Waals surface area contributed by atoms with Gasteiger partial charge in [0.05, 0.1) is 6.54 Å². The molecule has 0 saturated heterocycles. The highest BCUT2D eigenvalue weighted by Crippen LogP contribution is 2.13. The summed E-state index contributed by atoms with van der Waals surface area (Å²) < 4.78 is 1.77. The van der Waals surface area contributed by atoms with Crippen LogP contribution in [0.1, 0.15) is 12.5 Å². The molecule has 0 spiro atoms. The molecular formula is C7H9N3. The van der Waals surface area contributed by atoms with Gasteiger partial charge < -0.3 is 4.85 Å². The van der Waals surface area contributed by atoms with Crippen molar-refractivity contribution in [2.45, 2.75) is 20.4 Å². The molecule has 0 fully saturated rings. The average molecular weight is 135 g/mol. The number of aromatic nitrogens is 2. The largest absolute Gasteiger partial charge is 0.359 e. The van der Waals surface area contributed by atoms with Gasteiger partial charge in [-0.2, -0.15) is 4.68 Å². The first-order valence-electron chi connectivity index (χ1n) is 3.19. The number of hydrogen-bond donors (Lipinski definition) is 0. The standard InChI is InChI=1S/C7H9N3/c1-4-10-5-6(2)7(8-3)9-10/h5H,4H2,1-2H3. The van der Waals surface area contributed by atoms with E-state index in [0.717, 1.165) is 12.1 Å². The fraction of sp³-hybridized carbons (Fsp3) is 0.429. The summed E-state index contributed by atoms with van der Waals surface area (Å²) in [5.41, 5.74) is 0.955. The first-order valence-corrected chi connectivity index (χ1v) is 3.19. The lowest BCUT2D eigenvalue weighted by Gasteiger charge is -1.83. The van der Waals surface area contributed by atoms with E-state index in [1.807, 2.05) is 20.0 Å². The van der Waals surface area contributed by atoms with Crippen molar-refractivity contribution in [3.05, 3.63) is 23.2 Å². The first-order chi connectivity index (χ1) is 4.77. The minimum absolute atomic E-state index is 0.516. The molecule has 0 aliphatic rings. The fourth-order valence-corrected chi connectivity index (χ4v) is 0.783. The number of rotatable bonds is 1. The van der Waals surface area contributed by atoms with Gasteiger partial charge in [0.2, 0.25) is 0 Å². The van der Waals surface area contributed by atoms with Gasteiger partial charge in [0.15, 0.2) is 0 Å². The molecule has 0 bridgehead atoms. The smallest absolute Gasteiger partial charge is 0.298 e. The van der Waals surface area contributed by atoms with Crippen LogP contribution in [0.15, 0.2) is 6.20 Å². The Hall–Kier alpha value is -1.30. The maximum absolute atomic E-state index is 6.72. The van der Waals surface area contributed by atoms with E-state index >= 15 is 0 Å². The van der Waals surface area contributed by atoms with Crippen LogP contribution in [0.4, 0.5) is 5.82 Å². The van der Waals surface area contributed by atoms with E-state index < -0.39 is 0 Å². The zero-order valence-corrected chi connectivity index (χ0v) is 6.13. The van der Waals surface area contributed by atoms with Gasteiger partial charge in [0.25, 0.3) is 5.82 Å².